The summed E-state index contributed by atoms with van der Waals surface area (Å²) in [7, 11) is 2.21. The maximum atomic E-state index is 14.1. The van der Waals surface area contributed by atoms with Gasteiger partial charge in [-0.05, 0) is 55.8 Å². The highest BCUT2D eigenvalue weighted by molar-refractivity contribution is 7.18. The van der Waals surface area contributed by atoms with Crippen LogP contribution in [0.2, 0.25) is 0 Å². The average molecular weight is 429 g/mol. The Kier molecular flexibility index (Phi) is 5.57. The van der Waals surface area contributed by atoms with Crippen molar-refractivity contribution in [3.05, 3.63) is 54.1 Å². The van der Waals surface area contributed by atoms with E-state index in [2.05, 4.69) is 30.0 Å². The third-order valence-electron chi connectivity index (χ3n) is 4.78. The number of benzene rings is 2. The number of anilines is 2. The summed E-state index contributed by atoms with van der Waals surface area (Å²) in [5.41, 5.74) is 3.09. The molecule has 2 aromatic carbocycles. The molecule has 0 radical (unpaired) electrons. The number of hydrogen-bond donors (Lipinski definition) is 1. The third-order valence-corrected chi connectivity index (χ3v) is 5.12. The monoisotopic (exact) mass is 429 g/mol. The molecular weight excluding hydrogens is 404 g/mol. The van der Waals surface area contributed by atoms with Gasteiger partial charge in [-0.2, -0.15) is 4.80 Å². The van der Waals surface area contributed by atoms with Gasteiger partial charge in [-0.25, -0.2) is 4.39 Å². The second kappa shape index (κ2) is 8.02. The molecule has 4 rings (SSSR count). The van der Waals surface area contributed by atoms with E-state index < -0.39 is 11.2 Å². The zero-order chi connectivity index (χ0) is 21.4. The summed E-state index contributed by atoms with van der Waals surface area (Å²) in [6, 6.07) is 14.9. The highest BCUT2D eigenvalue weighted by Gasteiger charge is 2.33. The number of aromatic nitrogens is 4. The molecule has 1 aromatic heterocycles. The van der Waals surface area contributed by atoms with Gasteiger partial charge in [-0.15, -0.1) is 10.2 Å². The Balaban J connectivity index is 1.50. The van der Waals surface area contributed by atoms with Crippen LogP contribution in [0.15, 0.2) is 48.5 Å². The number of hydrogen-bond acceptors (Lipinski definition) is 6. The number of ether oxygens (including phenoxy) is 2. The Labute approximate surface area is 177 Å². The van der Waals surface area contributed by atoms with Gasteiger partial charge in [-0.1, -0.05) is 33.5 Å². The third kappa shape index (κ3) is 4.83. The number of nitrogens with zero attached hydrogens (tertiary/aromatic N) is 4. The minimum absolute atomic E-state index is 0.119. The summed E-state index contributed by atoms with van der Waals surface area (Å²) >= 11 is 0. The van der Waals surface area contributed by atoms with Crippen LogP contribution in [0.5, 0.6) is 0 Å². The molecule has 30 heavy (non-hydrogen) atoms. The van der Waals surface area contributed by atoms with E-state index in [9.17, 15) is 4.39 Å². The van der Waals surface area contributed by atoms with E-state index in [0.717, 1.165) is 16.9 Å². The van der Waals surface area contributed by atoms with Crippen LogP contribution in [0.3, 0.4) is 0 Å². The van der Waals surface area contributed by atoms with Crippen molar-refractivity contribution < 1.29 is 13.9 Å². The molecule has 1 aliphatic rings. The molecule has 158 valence electrons. The van der Waals surface area contributed by atoms with Crippen LogP contribution >= 0.6 is 9.24 Å². The first kappa shape index (κ1) is 20.8. The van der Waals surface area contributed by atoms with Crippen LogP contribution in [0, 0.1) is 0 Å². The Morgan fingerprint density at radius 1 is 1.23 bits per heavy atom. The van der Waals surface area contributed by atoms with Crippen LogP contribution in [-0.4, -0.2) is 38.7 Å². The molecule has 3 atom stereocenters. The second-order valence-corrected chi connectivity index (χ2v) is 9.03. The van der Waals surface area contributed by atoms with E-state index >= 15 is 0 Å². The van der Waals surface area contributed by atoms with Gasteiger partial charge >= 0.3 is 0 Å². The summed E-state index contributed by atoms with van der Waals surface area (Å²) in [4.78, 5) is 1.53. The molecule has 1 fully saturated rings. The van der Waals surface area contributed by atoms with Gasteiger partial charge in [-0.3, -0.25) is 0 Å². The largest absolute Gasteiger partial charge is 0.355 e. The summed E-state index contributed by atoms with van der Waals surface area (Å²) < 4.78 is 25.5. The van der Waals surface area contributed by atoms with Crippen molar-refractivity contribution in [2.24, 2.45) is 0 Å². The highest BCUT2D eigenvalue weighted by atomic mass is 31.0. The van der Waals surface area contributed by atoms with Crippen LogP contribution < -0.4 is 5.32 Å². The first-order chi connectivity index (χ1) is 14.2. The standard InChI is InChI=1S/C21H25FN5O2P/c1-20(2)28-13-16(29-20)12-27-25-19(24-26-27)17-6-4-5-7-18(17)23-15-10-8-14(9-11-15)21(3,22)30/h4-11,16,23H,12-13,30H2,1-3H3. The number of para-hydroxylation sites is 1. The molecule has 2 heterocycles. The topological polar surface area (TPSA) is 74.1 Å². The van der Waals surface area contributed by atoms with Crippen LogP contribution in [0.25, 0.3) is 11.4 Å². The average Bonchev–Trinajstić information content (AvgIpc) is 3.28. The lowest BCUT2D eigenvalue weighted by Crippen LogP contribution is -2.25. The summed E-state index contributed by atoms with van der Waals surface area (Å²) in [5, 5.41) is 14.8. The van der Waals surface area contributed by atoms with Gasteiger partial charge in [0, 0.05) is 16.9 Å². The SMILES string of the molecule is CC1(C)OCC(Cn2nnc(-c3ccccc3Nc3ccc(C(C)(F)P)cc3)n2)O1. The van der Waals surface area contributed by atoms with Gasteiger partial charge in [0.05, 0.1) is 13.2 Å². The summed E-state index contributed by atoms with van der Waals surface area (Å²) in [5.74, 6) is -0.0786. The van der Waals surface area contributed by atoms with E-state index in [1.165, 1.54) is 11.7 Å². The van der Waals surface area contributed by atoms with Crippen LogP contribution in [0.4, 0.5) is 15.8 Å². The lowest BCUT2D eigenvalue weighted by Gasteiger charge is -2.16. The fourth-order valence-electron chi connectivity index (χ4n) is 3.29. The van der Waals surface area contributed by atoms with Crippen molar-refractivity contribution in [2.75, 3.05) is 11.9 Å². The molecule has 0 saturated carbocycles. The van der Waals surface area contributed by atoms with Gasteiger partial charge < -0.3 is 14.8 Å². The molecule has 1 N–H and O–H groups in total. The summed E-state index contributed by atoms with van der Waals surface area (Å²) in [6.45, 7) is 6.23. The van der Waals surface area contributed by atoms with Crippen LogP contribution in [0.1, 0.15) is 26.3 Å². The van der Waals surface area contributed by atoms with Crippen LogP contribution in [-0.2, 0) is 21.4 Å². The van der Waals surface area contributed by atoms with Gasteiger partial charge in [0.25, 0.3) is 0 Å². The van der Waals surface area contributed by atoms with E-state index in [1.807, 2.05) is 50.2 Å². The van der Waals surface area contributed by atoms with Crippen molar-refractivity contribution in [2.45, 2.75) is 44.6 Å². The number of tetrazole rings is 1. The predicted molar refractivity (Wildman–Crippen MR) is 116 cm³/mol. The first-order valence-corrected chi connectivity index (χ1v) is 10.3. The first-order valence-electron chi connectivity index (χ1n) is 9.74. The normalized spacial score (nSPS) is 20.1. The zero-order valence-corrected chi connectivity index (χ0v) is 18.3. The van der Waals surface area contributed by atoms with Crippen molar-refractivity contribution in [3.63, 3.8) is 0 Å². The Morgan fingerprint density at radius 2 is 1.97 bits per heavy atom. The van der Waals surface area contributed by atoms with Crippen molar-refractivity contribution >= 4 is 20.6 Å². The lowest BCUT2D eigenvalue weighted by atomic mass is 10.1. The van der Waals surface area contributed by atoms with Gasteiger partial charge in [0.1, 0.15) is 11.5 Å². The summed E-state index contributed by atoms with van der Waals surface area (Å²) in [6.07, 6.45) is -0.119. The molecule has 1 saturated heterocycles. The number of halogens is 1. The predicted octanol–water partition coefficient (Wildman–Crippen LogP) is 4.25. The molecular formula is C21H25FN5O2P. The molecule has 1 aliphatic heterocycles. The zero-order valence-electron chi connectivity index (χ0n) is 17.2. The Bertz CT molecular complexity index is 1020. The highest BCUT2D eigenvalue weighted by Crippen LogP contribution is 2.34. The van der Waals surface area contributed by atoms with E-state index in [1.54, 1.807) is 12.1 Å². The Hall–Kier alpha value is -2.41. The molecule has 3 unspecified atom stereocenters. The fourth-order valence-corrected chi connectivity index (χ4v) is 3.48. The Morgan fingerprint density at radius 3 is 2.63 bits per heavy atom. The maximum Gasteiger partial charge on any atom is 0.207 e. The molecule has 0 bridgehead atoms. The minimum Gasteiger partial charge on any atom is -0.355 e. The van der Waals surface area contributed by atoms with E-state index in [4.69, 9.17) is 9.47 Å². The second-order valence-electron chi connectivity index (χ2n) is 7.94. The molecule has 0 amide bonds. The maximum absolute atomic E-state index is 14.1. The van der Waals surface area contributed by atoms with Gasteiger partial charge in [0.2, 0.25) is 5.82 Å². The van der Waals surface area contributed by atoms with Crippen molar-refractivity contribution in [1.82, 2.24) is 20.2 Å². The van der Waals surface area contributed by atoms with E-state index in [0.29, 0.717) is 24.5 Å². The lowest BCUT2D eigenvalue weighted by molar-refractivity contribution is -0.140. The quantitative estimate of drug-likeness (QED) is 0.591. The molecule has 0 spiro atoms. The number of alkyl halides is 1. The minimum atomic E-state index is -1.46. The molecule has 0 aliphatic carbocycles. The number of nitrogens with one attached hydrogen (secondary N) is 1. The molecule has 7 nitrogen and oxygen atoms in total. The van der Waals surface area contributed by atoms with Crippen molar-refractivity contribution in [1.29, 1.82) is 0 Å². The fraction of sp³-hybridized carbons (Fsp3) is 0.381. The molecule has 3 aromatic rings. The number of rotatable bonds is 6. The van der Waals surface area contributed by atoms with Crippen molar-refractivity contribution in [3.8, 4) is 11.4 Å². The smallest absolute Gasteiger partial charge is 0.207 e. The molecule has 9 heteroatoms. The van der Waals surface area contributed by atoms with Gasteiger partial charge in [0.15, 0.2) is 5.79 Å². The van der Waals surface area contributed by atoms with E-state index in [-0.39, 0.29) is 6.10 Å².